The summed E-state index contributed by atoms with van der Waals surface area (Å²) >= 11 is 0. The molecule has 0 aromatic rings. The van der Waals surface area contributed by atoms with Crippen LogP contribution in [0.5, 0.6) is 0 Å². The fraction of sp³-hybridized carbons (Fsp3) is 1.00. The molecule has 0 radical (unpaired) electrons. The van der Waals surface area contributed by atoms with Crippen molar-refractivity contribution in [3.63, 3.8) is 0 Å². The summed E-state index contributed by atoms with van der Waals surface area (Å²) in [5.41, 5.74) is 0.530. The van der Waals surface area contributed by atoms with E-state index in [9.17, 15) is 0 Å². The first-order valence-corrected chi connectivity index (χ1v) is 6.75. The van der Waals surface area contributed by atoms with Crippen molar-refractivity contribution in [3.05, 3.63) is 0 Å². The van der Waals surface area contributed by atoms with Crippen molar-refractivity contribution < 1.29 is 0 Å². The molecule has 2 heterocycles. The van der Waals surface area contributed by atoms with Gasteiger partial charge in [0.2, 0.25) is 0 Å². The van der Waals surface area contributed by atoms with E-state index in [1.54, 1.807) is 0 Å². The largest absolute Gasteiger partial charge is 0.311 e. The maximum absolute atomic E-state index is 3.79. The summed E-state index contributed by atoms with van der Waals surface area (Å²) in [6.07, 6.45) is 8.28. The molecular weight excluding hydrogens is 184 g/mol. The van der Waals surface area contributed by atoms with Crippen molar-refractivity contribution >= 4 is 0 Å². The predicted octanol–water partition coefficient (Wildman–Crippen LogP) is 2.39. The zero-order chi connectivity index (χ0) is 10.7. The Bertz CT molecular complexity index is 187. The van der Waals surface area contributed by atoms with Gasteiger partial charge in [-0.1, -0.05) is 13.3 Å². The minimum absolute atomic E-state index is 0.530. The molecule has 0 saturated carbocycles. The van der Waals surface area contributed by atoms with E-state index in [-0.39, 0.29) is 0 Å². The maximum Gasteiger partial charge on any atom is 0.0205 e. The lowest BCUT2D eigenvalue weighted by atomic mass is 9.80. The summed E-state index contributed by atoms with van der Waals surface area (Å²) in [5, 5.41) is 3.79. The van der Waals surface area contributed by atoms with Gasteiger partial charge in [0, 0.05) is 24.7 Å². The molecule has 2 aliphatic rings. The SMILES string of the molecule is CCC(C)N1CCC2(CCCCN2)CC1. The molecule has 2 nitrogen and oxygen atoms in total. The Morgan fingerprint density at radius 3 is 2.47 bits per heavy atom. The first kappa shape index (κ1) is 11.4. The van der Waals surface area contributed by atoms with Crippen molar-refractivity contribution in [1.29, 1.82) is 0 Å². The molecule has 0 aromatic heterocycles. The normalized spacial score (nSPS) is 29.2. The second-order valence-corrected chi connectivity index (χ2v) is 5.46. The van der Waals surface area contributed by atoms with Gasteiger partial charge in [-0.25, -0.2) is 0 Å². The third-order valence-corrected chi connectivity index (χ3v) is 4.55. The summed E-state index contributed by atoms with van der Waals surface area (Å²) in [4.78, 5) is 2.67. The van der Waals surface area contributed by atoms with Crippen LogP contribution < -0.4 is 5.32 Å². The number of nitrogens with one attached hydrogen (secondary N) is 1. The molecular formula is C13H26N2. The summed E-state index contributed by atoms with van der Waals surface area (Å²) in [6.45, 7) is 8.54. The highest BCUT2D eigenvalue weighted by Crippen LogP contribution is 2.31. The Labute approximate surface area is 94.4 Å². The van der Waals surface area contributed by atoms with Gasteiger partial charge in [-0.15, -0.1) is 0 Å². The predicted molar refractivity (Wildman–Crippen MR) is 65.1 cm³/mol. The molecule has 2 heteroatoms. The van der Waals surface area contributed by atoms with E-state index >= 15 is 0 Å². The molecule has 1 spiro atoms. The number of piperidine rings is 2. The Hall–Kier alpha value is -0.0800. The van der Waals surface area contributed by atoms with Crippen LogP contribution in [0.1, 0.15) is 52.4 Å². The maximum atomic E-state index is 3.79. The van der Waals surface area contributed by atoms with Gasteiger partial charge in [0.05, 0.1) is 0 Å². The van der Waals surface area contributed by atoms with Crippen molar-refractivity contribution in [2.24, 2.45) is 0 Å². The Kier molecular flexibility index (Phi) is 3.68. The van der Waals surface area contributed by atoms with Crippen LogP contribution in [-0.4, -0.2) is 36.1 Å². The van der Waals surface area contributed by atoms with Crippen LogP contribution in [0.15, 0.2) is 0 Å². The van der Waals surface area contributed by atoms with Gasteiger partial charge in [0.25, 0.3) is 0 Å². The van der Waals surface area contributed by atoms with E-state index < -0.39 is 0 Å². The molecule has 2 aliphatic heterocycles. The Balaban J connectivity index is 1.85. The third kappa shape index (κ3) is 2.54. The fourth-order valence-corrected chi connectivity index (χ4v) is 3.11. The number of rotatable bonds is 2. The van der Waals surface area contributed by atoms with Gasteiger partial charge in [-0.2, -0.15) is 0 Å². The van der Waals surface area contributed by atoms with Crippen molar-refractivity contribution in [2.45, 2.75) is 64.0 Å². The lowest BCUT2D eigenvalue weighted by Gasteiger charge is -2.46. The fourth-order valence-electron chi connectivity index (χ4n) is 3.11. The molecule has 15 heavy (non-hydrogen) atoms. The first-order valence-electron chi connectivity index (χ1n) is 6.75. The zero-order valence-electron chi connectivity index (χ0n) is 10.4. The number of hydrogen-bond acceptors (Lipinski definition) is 2. The highest BCUT2D eigenvalue weighted by molar-refractivity contribution is 4.95. The first-order chi connectivity index (χ1) is 7.26. The van der Waals surface area contributed by atoms with E-state index in [0.717, 1.165) is 6.04 Å². The summed E-state index contributed by atoms with van der Waals surface area (Å²) in [7, 11) is 0. The van der Waals surface area contributed by atoms with Crippen LogP contribution in [0.3, 0.4) is 0 Å². The second kappa shape index (κ2) is 4.84. The van der Waals surface area contributed by atoms with Crippen LogP contribution in [0.2, 0.25) is 0 Å². The minimum Gasteiger partial charge on any atom is -0.311 e. The van der Waals surface area contributed by atoms with E-state index in [1.807, 2.05) is 0 Å². The number of nitrogens with zero attached hydrogens (tertiary/aromatic N) is 1. The molecule has 1 atom stereocenters. The molecule has 0 aromatic carbocycles. The summed E-state index contributed by atoms with van der Waals surface area (Å²) < 4.78 is 0. The molecule has 1 N–H and O–H groups in total. The van der Waals surface area contributed by atoms with Gasteiger partial charge < -0.3 is 10.2 Å². The topological polar surface area (TPSA) is 15.3 Å². The van der Waals surface area contributed by atoms with Crippen molar-refractivity contribution in [3.8, 4) is 0 Å². The third-order valence-electron chi connectivity index (χ3n) is 4.55. The molecule has 0 amide bonds. The van der Waals surface area contributed by atoms with Crippen LogP contribution >= 0.6 is 0 Å². The van der Waals surface area contributed by atoms with Crippen LogP contribution in [0, 0.1) is 0 Å². The molecule has 88 valence electrons. The second-order valence-electron chi connectivity index (χ2n) is 5.46. The smallest absolute Gasteiger partial charge is 0.0205 e. The molecule has 2 fully saturated rings. The lowest BCUT2D eigenvalue weighted by Crippen LogP contribution is -2.56. The van der Waals surface area contributed by atoms with E-state index in [4.69, 9.17) is 0 Å². The van der Waals surface area contributed by atoms with Crippen molar-refractivity contribution in [2.75, 3.05) is 19.6 Å². The Morgan fingerprint density at radius 2 is 1.93 bits per heavy atom. The number of hydrogen-bond donors (Lipinski definition) is 1. The molecule has 0 bridgehead atoms. The lowest BCUT2D eigenvalue weighted by molar-refractivity contribution is 0.0859. The zero-order valence-corrected chi connectivity index (χ0v) is 10.4. The monoisotopic (exact) mass is 210 g/mol. The van der Waals surface area contributed by atoms with Crippen LogP contribution in [-0.2, 0) is 0 Å². The van der Waals surface area contributed by atoms with Crippen LogP contribution in [0.25, 0.3) is 0 Å². The highest BCUT2D eigenvalue weighted by atomic mass is 15.2. The van der Waals surface area contributed by atoms with Gasteiger partial charge in [-0.3, -0.25) is 0 Å². The molecule has 2 saturated heterocycles. The highest BCUT2D eigenvalue weighted by Gasteiger charge is 2.35. The standard InChI is InChI=1S/C13H26N2/c1-3-12(2)15-10-7-13(8-11-15)6-4-5-9-14-13/h12,14H,3-11H2,1-2H3. The quantitative estimate of drug-likeness (QED) is 0.753. The summed E-state index contributed by atoms with van der Waals surface area (Å²) in [5.74, 6) is 0. The van der Waals surface area contributed by atoms with Gasteiger partial charge in [0.1, 0.15) is 0 Å². The molecule has 2 rings (SSSR count). The molecule has 1 unspecified atom stereocenters. The summed E-state index contributed by atoms with van der Waals surface area (Å²) in [6, 6.07) is 0.783. The van der Waals surface area contributed by atoms with Crippen LogP contribution in [0.4, 0.5) is 0 Å². The van der Waals surface area contributed by atoms with E-state index in [2.05, 4.69) is 24.1 Å². The van der Waals surface area contributed by atoms with Crippen molar-refractivity contribution in [1.82, 2.24) is 10.2 Å². The van der Waals surface area contributed by atoms with E-state index in [0.29, 0.717) is 5.54 Å². The molecule has 0 aliphatic carbocycles. The Morgan fingerprint density at radius 1 is 1.20 bits per heavy atom. The van der Waals surface area contributed by atoms with Gasteiger partial charge in [-0.05, 0) is 45.6 Å². The van der Waals surface area contributed by atoms with Gasteiger partial charge in [0.15, 0.2) is 0 Å². The van der Waals surface area contributed by atoms with E-state index in [1.165, 1.54) is 58.2 Å². The average molecular weight is 210 g/mol. The average Bonchev–Trinajstić information content (AvgIpc) is 2.30. The number of likely N-dealkylation sites (tertiary alicyclic amines) is 1. The minimum atomic E-state index is 0.530. The van der Waals surface area contributed by atoms with Gasteiger partial charge >= 0.3 is 0 Å².